The van der Waals surface area contributed by atoms with E-state index in [2.05, 4.69) is 15.4 Å². The number of hydrogen-bond donors (Lipinski definition) is 2. The molecule has 124 valence electrons. The monoisotopic (exact) mass is 326 g/mol. The summed E-state index contributed by atoms with van der Waals surface area (Å²) in [6, 6.07) is 6.71. The first-order valence-electron chi connectivity index (χ1n) is 7.52. The van der Waals surface area contributed by atoms with Gasteiger partial charge in [-0.15, -0.1) is 0 Å². The van der Waals surface area contributed by atoms with Crippen molar-refractivity contribution >= 4 is 28.8 Å². The van der Waals surface area contributed by atoms with Gasteiger partial charge < -0.3 is 10.3 Å². The van der Waals surface area contributed by atoms with Gasteiger partial charge in [-0.2, -0.15) is 5.10 Å². The van der Waals surface area contributed by atoms with E-state index in [9.17, 15) is 9.59 Å². The molecule has 0 saturated carbocycles. The van der Waals surface area contributed by atoms with Crippen LogP contribution in [0.2, 0.25) is 0 Å². The van der Waals surface area contributed by atoms with E-state index in [-0.39, 0.29) is 5.91 Å². The molecule has 3 aromatic rings. The van der Waals surface area contributed by atoms with Crippen molar-refractivity contribution in [1.82, 2.24) is 19.3 Å². The lowest BCUT2D eigenvalue weighted by Gasteiger charge is -2.06. The molecule has 8 heteroatoms. The Hall–Kier alpha value is -3.16. The second kappa shape index (κ2) is 5.80. The number of hydrogen-bond acceptors (Lipinski definition) is 4. The molecule has 8 nitrogen and oxygen atoms in total. The van der Waals surface area contributed by atoms with E-state index in [1.165, 1.54) is 0 Å². The van der Waals surface area contributed by atoms with Crippen LogP contribution in [0.4, 0.5) is 5.95 Å². The van der Waals surface area contributed by atoms with Crippen LogP contribution in [-0.4, -0.2) is 31.1 Å². The summed E-state index contributed by atoms with van der Waals surface area (Å²) in [5, 5.41) is 7.05. The quantitative estimate of drug-likeness (QED) is 0.756. The number of aryl methyl sites for hydroxylation is 3. The van der Waals surface area contributed by atoms with E-state index in [0.29, 0.717) is 29.3 Å². The largest absolute Gasteiger partial charge is 0.366 e. The molecule has 24 heavy (non-hydrogen) atoms. The summed E-state index contributed by atoms with van der Waals surface area (Å²) >= 11 is 0. The molecule has 0 spiro atoms. The highest BCUT2D eigenvalue weighted by atomic mass is 16.2. The highest BCUT2D eigenvalue weighted by Gasteiger charge is 2.17. The molecule has 0 fully saturated rings. The molecular weight excluding hydrogens is 308 g/mol. The number of rotatable bonds is 4. The third-order valence-electron chi connectivity index (χ3n) is 3.82. The first-order chi connectivity index (χ1) is 11.4. The van der Waals surface area contributed by atoms with Crippen LogP contribution in [0.5, 0.6) is 0 Å². The van der Waals surface area contributed by atoms with Gasteiger partial charge in [0.2, 0.25) is 11.9 Å². The van der Waals surface area contributed by atoms with Crippen molar-refractivity contribution < 1.29 is 9.59 Å². The number of carbonyl (C=O) groups excluding carboxylic acids is 2. The number of primary amides is 1. The minimum atomic E-state index is -0.518. The van der Waals surface area contributed by atoms with Gasteiger partial charge in [-0.05, 0) is 38.1 Å². The normalized spacial score (nSPS) is 11.0. The molecule has 0 radical (unpaired) electrons. The Kier molecular flexibility index (Phi) is 3.80. The zero-order chi connectivity index (χ0) is 17.4. The van der Waals surface area contributed by atoms with Gasteiger partial charge in [0.25, 0.3) is 5.91 Å². The smallest absolute Gasteiger partial charge is 0.276 e. The molecule has 2 amide bonds. The Balaban J connectivity index is 1.96. The summed E-state index contributed by atoms with van der Waals surface area (Å²) in [6.07, 6.45) is 0. The van der Waals surface area contributed by atoms with Gasteiger partial charge in [0.05, 0.1) is 16.7 Å². The molecule has 3 N–H and O–H groups in total. The molecule has 2 aromatic heterocycles. The summed E-state index contributed by atoms with van der Waals surface area (Å²) < 4.78 is 3.38. The van der Waals surface area contributed by atoms with Crippen molar-refractivity contribution in [3.05, 3.63) is 41.2 Å². The number of nitrogens with one attached hydrogen (secondary N) is 1. The number of carbonyl (C=O) groups is 2. The van der Waals surface area contributed by atoms with Crippen LogP contribution in [0, 0.1) is 6.92 Å². The fraction of sp³-hybridized carbons (Fsp3) is 0.250. The Morgan fingerprint density at radius 1 is 1.29 bits per heavy atom. The number of fused-ring (bicyclic) bond motifs is 1. The van der Waals surface area contributed by atoms with Crippen molar-refractivity contribution in [1.29, 1.82) is 0 Å². The van der Waals surface area contributed by atoms with E-state index >= 15 is 0 Å². The Bertz CT molecular complexity index is 953. The lowest BCUT2D eigenvalue weighted by molar-refractivity contribution is 0.0996. The number of amides is 2. The van der Waals surface area contributed by atoms with Gasteiger partial charge in [0.15, 0.2) is 0 Å². The SMILES string of the molecule is CCn1nc(C)cc1C(=O)Nc1nc2cc(C(N)=O)ccc2n1C. The molecule has 0 aliphatic carbocycles. The van der Waals surface area contributed by atoms with Gasteiger partial charge in [-0.25, -0.2) is 4.98 Å². The maximum absolute atomic E-state index is 12.5. The Labute approximate surface area is 138 Å². The number of benzene rings is 1. The van der Waals surface area contributed by atoms with Crippen LogP contribution in [0.3, 0.4) is 0 Å². The third-order valence-corrected chi connectivity index (χ3v) is 3.82. The van der Waals surface area contributed by atoms with Crippen molar-refractivity contribution in [2.75, 3.05) is 5.32 Å². The molecule has 0 aliphatic heterocycles. The number of aromatic nitrogens is 4. The second-order valence-electron chi connectivity index (χ2n) is 5.50. The number of nitrogens with zero attached hydrogens (tertiary/aromatic N) is 4. The summed E-state index contributed by atoms with van der Waals surface area (Å²) in [5.41, 5.74) is 8.28. The molecule has 0 aliphatic rings. The second-order valence-corrected chi connectivity index (χ2v) is 5.50. The minimum absolute atomic E-state index is 0.286. The maximum atomic E-state index is 12.5. The van der Waals surface area contributed by atoms with Crippen molar-refractivity contribution in [3.8, 4) is 0 Å². The highest BCUT2D eigenvalue weighted by Crippen LogP contribution is 2.20. The first-order valence-corrected chi connectivity index (χ1v) is 7.52. The topological polar surface area (TPSA) is 108 Å². The Morgan fingerprint density at radius 2 is 2.04 bits per heavy atom. The van der Waals surface area contributed by atoms with Crippen LogP contribution >= 0.6 is 0 Å². The fourth-order valence-electron chi connectivity index (χ4n) is 2.60. The Morgan fingerprint density at radius 3 is 2.71 bits per heavy atom. The summed E-state index contributed by atoms with van der Waals surface area (Å²) in [4.78, 5) is 28.2. The maximum Gasteiger partial charge on any atom is 0.276 e. The molecule has 2 heterocycles. The van der Waals surface area contributed by atoms with Crippen molar-refractivity contribution in [3.63, 3.8) is 0 Å². The first kappa shape index (κ1) is 15.7. The zero-order valence-electron chi connectivity index (χ0n) is 13.7. The standard InChI is InChI=1S/C16H18N6O2/c1-4-22-13(7-9(2)20-22)15(24)19-16-18-11-8-10(14(17)23)5-6-12(11)21(16)3/h5-8H,4H2,1-3H3,(H2,17,23)(H,18,19,24). The lowest BCUT2D eigenvalue weighted by atomic mass is 10.2. The zero-order valence-corrected chi connectivity index (χ0v) is 13.7. The van der Waals surface area contributed by atoms with Gasteiger partial charge in [0.1, 0.15) is 5.69 Å². The molecule has 0 saturated heterocycles. The van der Waals surface area contributed by atoms with Gasteiger partial charge in [0, 0.05) is 19.2 Å². The van der Waals surface area contributed by atoms with E-state index in [0.717, 1.165) is 11.2 Å². The molecule has 0 atom stereocenters. The van der Waals surface area contributed by atoms with E-state index in [4.69, 9.17) is 5.73 Å². The van der Waals surface area contributed by atoms with Gasteiger partial charge >= 0.3 is 0 Å². The molecular formula is C16H18N6O2. The lowest BCUT2D eigenvalue weighted by Crippen LogP contribution is -2.19. The van der Waals surface area contributed by atoms with Crippen LogP contribution in [0.1, 0.15) is 33.5 Å². The molecule has 1 aromatic carbocycles. The molecule has 0 bridgehead atoms. The van der Waals surface area contributed by atoms with Gasteiger partial charge in [-0.3, -0.25) is 19.6 Å². The average Bonchev–Trinajstić information content (AvgIpc) is 3.07. The average molecular weight is 326 g/mol. The fourth-order valence-corrected chi connectivity index (χ4v) is 2.60. The van der Waals surface area contributed by atoms with Crippen molar-refractivity contribution in [2.24, 2.45) is 12.8 Å². The number of anilines is 1. The molecule has 0 unspecified atom stereocenters. The van der Waals surface area contributed by atoms with Gasteiger partial charge in [-0.1, -0.05) is 0 Å². The summed E-state index contributed by atoms with van der Waals surface area (Å²) in [6.45, 7) is 4.36. The van der Waals surface area contributed by atoms with E-state index in [1.807, 2.05) is 13.8 Å². The van der Waals surface area contributed by atoms with E-state index in [1.54, 1.807) is 40.6 Å². The van der Waals surface area contributed by atoms with E-state index < -0.39 is 5.91 Å². The summed E-state index contributed by atoms with van der Waals surface area (Å²) in [7, 11) is 1.79. The predicted molar refractivity (Wildman–Crippen MR) is 89.8 cm³/mol. The number of nitrogens with two attached hydrogens (primary N) is 1. The predicted octanol–water partition coefficient (Wildman–Crippen LogP) is 1.45. The van der Waals surface area contributed by atoms with Crippen LogP contribution in [0.15, 0.2) is 24.3 Å². The number of imidazole rings is 1. The van der Waals surface area contributed by atoms with Crippen LogP contribution in [0.25, 0.3) is 11.0 Å². The third kappa shape index (κ3) is 2.62. The summed E-state index contributed by atoms with van der Waals surface area (Å²) in [5.74, 6) is -0.417. The van der Waals surface area contributed by atoms with Crippen LogP contribution in [-0.2, 0) is 13.6 Å². The molecule has 3 rings (SSSR count). The minimum Gasteiger partial charge on any atom is -0.366 e. The highest BCUT2D eigenvalue weighted by molar-refractivity contribution is 6.03. The van der Waals surface area contributed by atoms with Crippen LogP contribution < -0.4 is 11.1 Å². The van der Waals surface area contributed by atoms with Crippen molar-refractivity contribution in [2.45, 2.75) is 20.4 Å².